The first-order chi connectivity index (χ1) is 12.4. The third-order valence-corrected chi connectivity index (χ3v) is 4.49. The molecular weight excluding hydrogens is 331 g/mol. The van der Waals surface area contributed by atoms with Gasteiger partial charge < -0.3 is 15.1 Å². The Labute approximate surface area is 154 Å². The van der Waals surface area contributed by atoms with Crippen molar-refractivity contribution in [2.45, 2.75) is 25.0 Å². The maximum absolute atomic E-state index is 13.4. The molecule has 140 valence electrons. The Balaban J connectivity index is 2.50. The van der Waals surface area contributed by atoms with Crippen LogP contribution in [0.2, 0.25) is 0 Å². The maximum Gasteiger partial charge on any atom is 0.123 e. The van der Waals surface area contributed by atoms with Crippen LogP contribution in [-0.2, 0) is 12.2 Å². The van der Waals surface area contributed by atoms with Crippen LogP contribution in [0.25, 0.3) is 0 Å². The van der Waals surface area contributed by atoms with Crippen molar-refractivity contribution in [3.63, 3.8) is 0 Å². The molecule has 1 atom stereocenters. The predicted octanol–water partition coefficient (Wildman–Crippen LogP) is 2.94. The van der Waals surface area contributed by atoms with Crippen LogP contribution in [0.1, 0.15) is 35.1 Å². The fourth-order valence-electron chi connectivity index (χ4n) is 3.19. The number of aliphatic hydroxyl groups excluding tert-OH is 1. The van der Waals surface area contributed by atoms with Gasteiger partial charge in [-0.2, -0.15) is 0 Å². The average Bonchev–Trinajstić information content (AvgIpc) is 2.62. The molecule has 0 heterocycles. The summed E-state index contributed by atoms with van der Waals surface area (Å²) in [5, 5.41) is 21.5. The lowest BCUT2D eigenvalue weighted by Crippen LogP contribution is -2.30. The van der Waals surface area contributed by atoms with E-state index in [2.05, 4.69) is 9.89 Å². The minimum atomic E-state index is -1.30. The minimum absolute atomic E-state index is 0.197. The summed E-state index contributed by atoms with van der Waals surface area (Å²) >= 11 is 0. The summed E-state index contributed by atoms with van der Waals surface area (Å²) in [6.07, 6.45) is 2.92. The molecule has 4 nitrogen and oxygen atoms in total. The molecule has 0 aliphatic heterocycles. The number of hydrogen-bond donors (Lipinski definition) is 2. The molecular formula is C21H27FN2O2. The van der Waals surface area contributed by atoms with Crippen molar-refractivity contribution in [3.05, 3.63) is 70.5 Å². The van der Waals surface area contributed by atoms with E-state index >= 15 is 0 Å². The molecule has 0 spiro atoms. The molecule has 1 unspecified atom stereocenters. The Bertz CT molecular complexity index is 744. The molecule has 0 aliphatic carbocycles. The number of benzene rings is 2. The van der Waals surface area contributed by atoms with Crippen molar-refractivity contribution in [2.24, 2.45) is 4.99 Å². The third kappa shape index (κ3) is 4.75. The van der Waals surface area contributed by atoms with Crippen LogP contribution in [0.4, 0.5) is 4.39 Å². The number of hydrogen-bond acceptors (Lipinski definition) is 4. The number of halogens is 1. The van der Waals surface area contributed by atoms with Crippen LogP contribution in [0.5, 0.6) is 0 Å². The van der Waals surface area contributed by atoms with E-state index in [1.807, 2.05) is 32.3 Å². The fourth-order valence-corrected chi connectivity index (χ4v) is 3.19. The zero-order chi connectivity index (χ0) is 19.2. The SMILES string of the molecule is CN=Cc1ccc(C(O)(CCCN(C)C)c2ccc(F)cc2)c(CO)c1. The Morgan fingerprint density at radius 2 is 1.85 bits per heavy atom. The Morgan fingerprint density at radius 1 is 1.15 bits per heavy atom. The van der Waals surface area contributed by atoms with Gasteiger partial charge >= 0.3 is 0 Å². The van der Waals surface area contributed by atoms with E-state index in [1.165, 1.54) is 12.1 Å². The molecule has 0 amide bonds. The highest BCUT2D eigenvalue weighted by Gasteiger charge is 2.33. The molecule has 0 aromatic heterocycles. The molecule has 0 aliphatic rings. The second-order valence-corrected chi connectivity index (χ2v) is 6.74. The van der Waals surface area contributed by atoms with Crippen molar-refractivity contribution in [1.82, 2.24) is 4.90 Å². The topological polar surface area (TPSA) is 56.1 Å². The van der Waals surface area contributed by atoms with Gasteiger partial charge in [-0.1, -0.05) is 24.3 Å². The van der Waals surface area contributed by atoms with E-state index in [4.69, 9.17) is 0 Å². The lowest BCUT2D eigenvalue weighted by Gasteiger charge is -2.32. The van der Waals surface area contributed by atoms with Crippen LogP contribution >= 0.6 is 0 Å². The quantitative estimate of drug-likeness (QED) is 0.714. The average molecular weight is 358 g/mol. The van der Waals surface area contributed by atoms with Gasteiger partial charge in [-0.05, 0) is 73.9 Å². The summed E-state index contributed by atoms with van der Waals surface area (Å²) in [6.45, 7) is 0.621. The molecule has 2 rings (SSSR count). The molecule has 0 radical (unpaired) electrons. The smallest absolute Gasteiger partial charge is 0.123 e. The van der Waals surface area contributed by atoms with Gasteiger partial charge in [0.15, 0.2) is 0 Å². The van der Waals surface area contributed by atoms with E-state index < -0.39 is 5.60 Å². The van der Waals surface area contributed by atoms with Crippen LogP contribution in [-0.4, -0.2) is 49.0 Å². The van der Waals surface area contributed by atoms with E-state index in [-0.39, 0.29) is 12.4 Å². The van der Waals surface area contributed by atoms with Crippen LogP contribution in [0, 0.1) is 5.82 Å². The second-order valence-electron chi connectivity index (χ2n) is 6.74. The molecule has 2 aromatic carbocycles. The van der Waals surface area contributed by atoms with Crippen LogP contribution in [0.3, 0.4) is 0 Å². The maximum atomic E-state index is 13.4. The summed E-state index contributed by atoms with van der Waals surface area (Å²) in [5.41, 5.74) is 1.45. The normalized spacial score (nSPS) is 14.1. The molecule has 2 N–H and O–H groups in total. The number of aliphatic imine (C=N–C) groups is 1. The van der Waals surface area contributed by atoms with Gasteiger partial charge in [-0.15, -0.1) is 0 Å². The Hall–Kier alpha value is -2.08. The predicted molar refractivity (Wildman–Crippen MR) is 103 cm³/mol. The molecule has 0 fully saturated rings. The lowest BCUT2D eigenvalue weighted by molar-refractivity contribution is 0.0641. The van der Waals surface area contributed by atoms with E-state index in [1.54, 1.807) is 25.4 Å². The first-order valence-corrected chi connectivity index (χ1v) is 8.70. The van der Waals surface area contributed by atoms with Gasteiger partial charge in [-0.3, -0.25) is 4.99 Å². The summed E-state index contributed by atoms with van der Waals surface area (Å²) in [6, 6.07) is 11.4. The molecule has 26 heavy (non-hydrogen) atoms. The molecule has 5 heteroatoms. The van der Waals surface area contributed by atoms with Crippen molar-refractivity contribution in [2.75, 3.05) is 27.7 Å². The summed E-state index contributed by atoms with van der Waals surface area (Å²) in [4.78, 5) is 6.05. The monoisotopic (exact) mass is 358 g/mol. The third-order valence-electron chi connectivity index (χ3n) is 4.49. The Morgan fingerprint density at radius 3 is 2.42 bits per heavy atom. The summed E-state index contributed by atoms with van der Waals surface area (Å²) in [7, 11) is 5.65. The zero-order valence-corrected chi connectivity index (χ0v) is 15.6. The van der Waals surface area contributed by atoms with Gasteiger partial charge in [0.2, 0.25) is 0 Å². The number of aliphatic hydroxyl groups is 2. The highest BCUT2D eigenvalue weighted by Crippen LogP contribution is 2.36. The lowest BCUT2D eigenvalue weighted by atomic mass is 9.80. The van der Waals surface area contributed by atoms with E-state index in [9.17, 15) is 14.6 Å². The largest absolute Gasteiger partial charge is 0.392 e. The van der Waals surface area contributed by atoms with Crippen LogP contribution in [0.15, 0.2) is 47.5 Å². The summed E-state index contributed by atoms with van der Waals surface area (Å²) < 4.78 is 13.4. The first-order valence-electron chi connectivity index (χ1n) is 8.70. The molecule has 0 saturated heterocycles. The molecule has 0 saturated carbocycles. The fraction of sp³-hybridized carbons (Fsp3) is 0.381. The molecule has 0 bridgehead atoms. The van der Waals surface area contributed by atoms with Crippen molar-refractivity contribution in [1.29, 1.82) is 0 Å². The Kier molecular flexibility index (Phi) is 7.03. The second kappa shape index (κ2) is 9.03. The zero-order valence-electron chi connectivity index (χ0n) is 15.6. The van der Waals surface area contributed by atoms with Gasteiger partial charge in [0, 0.05) is 13.3 Å². The van der Waals surface area contributed by atoms with Gasteiger partial charge in [0.05, 0.1) is 6.61 Å². The van der Waals surface area contributed by atoms with Crippen LogP contribution < -0.4 is 0 Å². The van der Waals surface area contributed by atoms with Gasteiger partial charge in [-0.25, -0.2) is 4.39 Å². The standard InChI is InChI=1S/C21H27FN2O2/c1-23-14-16-5-10-20(17(13-16)15-25)21(26,11-4-12-24(2)3)18-6-8-19(22)9-7-18/h5-10,13-14,25-26H,4,11-12,15H2,1-3H3. The van der Waals surface area contributed by atoms with Crippen molar-refractivity contribution < 1.29 is 14.6 Å². The first kappa shape index (κ1) is 20.2. The van der Waals surface area contributed by atoms with Crippen molar-refractivity contribution >= 4 is 6.21 Å². The van der Waals surface area contributed by atoms with Gasteiger partial charge in [0.1, 0.15) is 11.4 Å². The number of rotatable bonds is 8. The van der Waals surface area contributed by atoms with E-state index in [0.29, 0.717) is 23.1 Å². The highest BCUT2D eigenvalue weighted by molar-refractivity contribution is 5.80. The molecule has 2 aromatic rings. The number of nitrogens with zero attached hydrogens (tertiary/aromatic N) is 2. The minimum Gasteiger partial charge on any atom is -0.392 e. The highest BCUT2D eigenvalue weighted by atomic mass is 19.1. The van der Waals surface area contributed by atoms with E-state index in [0.717, 1.165) is 18.5 Å². The van der Waals surface area contributed by atoms with Crippen molar-refractivity contribution in [3.8, 4) is 0 Å². The summed E-state index contributed by atoms with van der Waals surface area (Å²) in [5.74, 6) is -0.346. The van der Waals surface area contributed by atoms with Gasteiger partial charge in [0.25, 0.3) is 0 Å².